The molecule has 1 aromatic heterocycles. The zero-order valence-corrected chi connectivity index (χ0v) is 12.7. The van der Waals surface area contributed by atoms with Crippen molar-refractivity contribution in [1.29, 1.82) is 0 Å². The Morgan fingerprint density at radius 1 is 1.26 bits per heavy atom. The molecular weight excluding hydrogens is 304 g/mol. The summed E-state index contributed by atoms with van der Waals surface area (Å²) in [5, 5.41) is 3.54. The van der Waals surface area contributed by atoms with Gasteiger partial charge in [0.2, 0.25) is 0 Å². The van der Waals surface area contributed by atoms with Gasteiger partial charge in [0.1, 0.15) is 5.82 Å². The van der Waals surface area contributed by atoms with Crippen LogP contribution in [0.1, 0.15) is 23.4 Å². The highest BCUT2D eigenvalue weighted by atomic mass is 35.5. The lowest BCUT2D eigenvalue weighted by molar-refractivity contribution is 0.551. The molecule has 1 nitrogen and oxygen atoms in total. The second-order valence-electron chi connectivity index (χ2n) is 4.19. The molecule has 2 rings (SSSR count). The van der Waals surface area contributed by atoms with Gasteiger partial charge in [-0.3, -0.25) is 0 Å². The number of benzene rings is 1. The number of nitrogens with one attached hydrogen (secondary N) is 1. The molecule has 1 heterocycles. The number of halogens is 3. The Balaban J connectivity index is 2.21. The maximum absolute atomic E-state index is 13.2. The van der Waals surface area contributed by atoms with Crippen molar-refractivity contribution < 1.29 is 4.39 Å². The number of thiophene rings is 1. The topological polar surface area (TPSA) is 12.0 Å². The summed E-state index contributed by atoms with van der Waals surface area (Å²) >= 11 is 13.3. The van der Waals surface area contributed by atoms with Gasteiger partial charge in [-0.25, -0.2) is 4.39 Å². The van der Waals surface area contributed by atoms with Gasteiger partial charge in [0.25, 0.3) is 0 Å². The number of hydrogen-bond acceptors (Lipinski definition) is 2. The molecule has 1 aromatic carbocycles. The third-order valence-electron chi connectivity index (χ3n) is 2.83. The highest BCUT2D eigenvalue weighted by Gasteiger charge is 2.14. The van der Waals surface area contributed by atoms with Crippen molar-refractivity contribution in [3.05, 3.63) is 55.9 Å². The van der Waals surface area contributed by atoms with Gasteiger partial charge in [0.05, 0.1) is 9.36 Å². The smallest absolute Gasteiger partial charge is 0.141 e. The van der Waals surface area contributed by atoms with E-state index in [1.807, 2.05) is 19.1 Å². The molecule has 1 unspecified atom stereocenters. The molecule has 2 aromatic rings. The molecule has 1 atom stereocenters. The maximum atomic E-state index is 13.2. The summed E-state index contributed by atoms with van der Waals surface area (Å²) in [6.45, 7) is 2.87. The molecule has 5 heteroatoms. The van der Waals surface area contributed by atoms with Crippen LogP contribution in [0.25, 0.3) is 0 Å². The van der Waals surface area contributed by atoms with Crippen LogP contribution in [0.5, 0.6) is 0 Å². The van der Waals surface area contributed by atoms with Crippen LogP contribution in [0.2, 0.25) is 9.36 Å². The maximum Gasteiger partial charge on any atom is 0.141 e. The lowest BCUT2D eigenvalue weighted by atomic mass is 10.0. The van der Waals surface area contributed by atoms with Crippen molar-refractivity contribution in [1.82, 2.24) is 5.32 Å². The summed E-state index contributed by atoms with van der Waals surface area (Å²) < 4.78 is 14.0. The Hall–Kier alpha value is -0.610. The summed E-state index contributed by atoms with van der Waals surface area (Å²) in [7, 11) is 0. The van der Waals surface area contributed by atoms with Gasteiger partial charge < -0.3 is 5.32 Å². The zero-order chi connectivity index (χ0) is 13.8. The highest BCUT2D eigenvalue weighted by molar-refractivity contribution is 7.16. The van der Waals surface area contributed by atoms with Crippen molar-refractivity contribution in [3.63, 3.8) is 0 Å². The molecular formula is C14H14Cl2FNS. The van der Waals surface area contributed by atoms with Crippen molar-refractivity contribution in [2.45, 2.75) is 19.4 Å². The van der Waals surface area contributed by atoms with E-state index in [9.17, 15) is 4.39 Å². The van der Waals surface area contributed by atoms with Crippen LogP contribution in [0.3, 0.4) is 0 Å². The first-order valence-corrected chi connectivity index (χ1v) is 7.60. The summed E-state index contributed by atoms with van der Waals surface area (Å²) in [5.41, 5.74) is 0.984. The van der Waals surface area contributed by atoms with Crippen molar-refractivity contribution >= 4 is 34.5 Å². The van der Waals surface area contributed by atoms with Crippen LogP contribution in [-0.2, 0) is 6.42 Å². The third-order valence-corrected chi connectivity index (χ3v) is 4.37. The first kappa shape index (κ1) is 14.8. The standard InChI is InChI=1S/C14H14Cl2FNS/c1-2-18-13(8-10-4-6-14(16)19-10)9-3-5-12(17)11(15)7-9/h3-7,13,18H,2,8H2,1H3. The molecule has 0 aliphatic rings. The molecule has 0 saturated heterocycles. The molecule has 19 heavy (non-hydrogen) atoms. The fourth-order valence-corrected chi connectivity index (χ4v) is 3.27. The molecule has 102 valence electrons. The Kier molecular flexibility index (Phi) is 5.22. The molecule has 0 aliphatic carbocycles. The van der Waals surface area contributed by atoms with Gasteiger partial charge in [-0.15, -0.1) is 11.3 Å². The minimum Gasteiger partial charge on any atom is -0.310 e. The summed E-state index contributed by atoms with van der Waals surface area (Å²) in [6, 6.07) is 8.87. The van der Waals surface area contributed by atoms with Gasteiger partial charge in [0.15, 0.2) is 0 Å². The van der Waals surface area contributed by atoms with E-state index >= 15 is 0 Å². The Bertz CT molecular complexity index is 556. The monoisotopic (exact) mass is 317 g/mol. The minimum absolute atomic E-state index is 0.109. The largest absolute Gasteiger partial charge is 0.310 e. The average Bonchev–Trinajstić information content (AvgIpc) is 2.78. The van der Waals surface area contributed by atoms with Gasteiger partial charge in [0, 0.05) is 17.3 Å². The third kappa shape index (κ3) is 3.93. The molecule has 0 radical (unpaired) electrons. The average molecular weight is 318 g/mol. The molecule has 0 fully saturated rings. The van der Waals surface area contributed by atoms with Crippen LogP contribution in [0.4, 0.5) is 4.39 Å². The van der Waals surface area contributed by atoms with Gasteiger partial charge in [-0.2, -0.15) is 0 Å². The van der Waals surface area contributed by atoms with Crippen molar-refractivity contribution in [2.75, 3.05) is 6.54 Å². The van der Waals surface area contributed by atoms with Crippen molar-refractivity contribution in [3.8, 4) is 0 Å². The lowest BCUT2D eigenvalue weighted by Crippen LogP contribution is -2.22. The number of likely N-dealkylation sites (N-methyl/N-ethyl adjacent to an activating group) is 1. The summed E-state index contributed by atoms with van der Waals surface area (Å²) in [5.74, 6) is -0.389. The van der Waals surface area contributed by atoms with E-state index in [1.54, 1.807) is 23.5 Å². The van der Waals surface area contributed by atoms with Gasteiger partial charge in [-0.05, 0) is 36.4 Å². The van der Waals surface area contributed by atoms with Crippen LogP contribution in [0, 0.1) is 5.82 Å². The van der Waals surface area contributed by atoms with Gasteiger partial charge >= 0.3 is 0 Å². The molecule has 0 spiro atoms. The van der Waals surface area contributed by atoms with Gasteiger partial charge in [-0.1, -0.05) is 36.2 Å². The summed E-state index contributed by atoms with van der Waals surface area (Å²) in [6.07, 6.45) is 0.813. The molecule has 0 saturated carbocycles. The minimum atomic E-state index is -0.389. The molecule has 0 aliphatic heterocycles. The first-order chi connectivity index (χ1) is 9.10. The van der Waals surface area contributed by atoms with E-state index in [-0.39, 0.29) is 16.9 Å². The normalized spacial score (nSPS) is 12.6. The number of hydrogen-bond donors (Lipinski definition) is 1. The van der Waals surface area contributed by atoms with Crippen molar-refractivity contribution in [2.24, 2.45) is 0 Å². The Labute approximate surface area is 126 Å². The molecule has 0 amide bonds. The predicted molar refractivity (Wildman–Crippen MR) is 80.9 cm³/mol. The zero-order valence-electron chi connectivity index (χ0n) is 10.4. The predicted octanol–water partition coefficient (Wildman–Crippen LogP) is 5.09. The molecule has 0 bridgehead atoms. The quantitative estimate of drug-likeness (QED) is 0.810. The van der Waals surface area contributed by atoms with Crippen LogP contribution < -0.4 is 5.32 Å². The van der Waals surface area contributed by atoms with E-state index in [1.165, 1.54) is 10.9 Å². The van der Waals surface area contributed by atoms with E-state index in [4.69, 9.17) is 23.2 Å². The van der Waals surface area contributed by atoms with E-state index < -0.39 is 0 Å². The fourth-order valence-electron chi connectivity index (χ4n) is 1.95. The first-order valence-electron chi connectivity index (χ1n) is 6.02. The van der Waals surface area contributed by atoms with Crippen LogP contribution in [0.15, 0.2) is 30.3 Å². The number of rotatable bonds is 5. The van der Waals surface area contributed by atoms with Crippen LogP contribution in [-0.4, -0.2) is 6.54 Å². The Morgan fingerprint density at radius 3 is 2.63 bits per heavy atom. The summed E-state index contributed by atoms with van der Waals surface area (Å²) in [4.78, 5) is 1.19. The highest BCUT2D eigenvalue weighted by Crippen LogP contribution is 2.28. The van der Waals surface area contributed by atoms with Crippen LogP contribution >= 0.6 is 34.5 Å². The van der Waals surface area contributed by atoms with E-state index in [0.29, 0.717) is 0 Å². The van der Waals surface area contributed by atoms with E-state index in [0.717, 1.165) is 22.9 Å². The molecule has 1 N–H and O–H groups in total. The van der Waals surface area contributed by atoms with E-state index in [2.05, 4.69) is 5.32 Å². The Morgan fingerprint density at radius 2 is 2.05 bits per heavy atom. The fraction of sp³-hybridized carbons (Fsp3) is 0.286. The second kappa shape index (κ2) is 6.71. The lowest BCUT2D eigenvalue weighted by Gasteiger charge is -2.18. The SMILES string of the molecule is CCNC(Cc1ccc(Cl)s1)c1ccc(F)c(Cl)c1. The second-order valence-corrected chi connectivity index (χ2v) is 6.40.